The zero-order valence-electron chi connectivity index (χ0n) is 13.6. The first-order valence-corrected chi connectivity index (χ1v) is 8.76. The standard InChI is InChI=1S/C18H21NO4S/c1-2-22-15-10-8-14(9-11-15)19-17(20)13-23-18(21)7-3-5-16-6-4-12-24-16/h4,6,8-12H,2-3,5,7,13H2,1H3,(H,19,20). The molecule has 5 nitrogen and oxygen atoms in total. The molecule has 0 atom stereocenters. The highest BCUT2D eigenvalue weighted by atomic mass is 32.1. The zero-order chi connectivity index (χ0) is 17.2. The Kier molecular flexibility index (Phi) is 7.29. The summed E-state index contributed by atoms with van der Waals surface area (Å²) < 4.78 is 10.3. The number of rotatable bonds is 9. The number of anilines is 1. The van der Waals surface area contributed by atoms with E-state index in [0.29, 0.717) is 18.7 Å². The second-order valence-corrected chi connectivity index (χ2v) is 6.13. The number of carbonyl (C=O) groups is 2. The molecule has 1 heterocycles. The molecule has 2 aromatic rings. The summed E-state index contributed by atoms with van der Waals surface area (Å²) in [7, 11) is 0. The summed E-state index contributed by atoms with van der Waals surface area (Å²) in [6.07, 6.45) is 1.89. The molecule has 1 N–H and O–H groups in total. The Hall–Kier alpha value is -2.34. The molecule has 0 bridgehead atoms. The maximum atomic E-state index is 11.8. The zero-order valence-corrected chi connectivity index (χ0v) is 14.4. The molecule has 0 radical (unpaired) electrons. The van der Waals surface area contributed by atoms with Crippen LogP contribution in [0.4, 0.5) is 5.69 Å². The fraction of sp³-hybridized carbons (Fsp3) is 0.333. The van der Waals surface area contributed by atoms with Gasteiger partial charge in [-0.1, -0.05) is 6.07 Å². The maximum Gasteiger partial charge on any atom is 0.306 e. The minimum absolute atomic E-state index is 0.273. The quantitative estimate of drug-likeness (QED) is 0.703. The Morgan fingerprint density at radius 3 is 2.62 bits per heavy atom. The summed E-state index contributed by atoms with van der Waals surface area (Å²) in [5.74, 6) is 0.0341. The van der Waals surface area contributed by atoms with Crippen molar-refractivity contribution in [2.24, 2.45) is 0 Å². The molecule has 0 fully saturated rings. The predicted molar refractivity (Wildman–Crippen MR) is 94.5 cm³/mol. The molecule has 0 aliphatic rings. The predicted octanol–water partition coefficient (Wildman–Crippen LogP) is 3.65. The van der Waals surface area contributed by atoms with Gasteiger partial charge < -0.3 is 14.8 Å². The van der Waals surface area contributed by atoms with Crippen LogP contribution < -0.4 is 10.1 Å². The summed E-state index contributed by atoms with van der Waals surface area (Å²) in [5.41, 5.74) is 0.636. The number of thiophene rings is 1. The van der Waals surface area contributed by atoms with Crippen LogP contribution in [-0.2, 0) is 20.7 Å². The van der Waals surface area contributed by atoms with Crippen LogP contribution in [0.5, 0.6) is 5.75 Å². The molecule has 128 valence electrons. The van der Waals surface area contributed by atoms with Crippen molar-refractivity contribution in [3.05, 3.63) is 46.7 Å². The van der Waals surface area contributed by atoms with Gasteiger partial charge in [0.1, 0.15) is 5.75 Å². The van der Waals surface area contributed by atoms with Crippen molar-refractivity contribution in [1.82, 2.24) is 0 Å². The normalized spacial score (nSPS) is 10.2. The van der Waals surface area contributed by atoms with Gasteiger partial charge in [0.05, 0.1) is 6.61 Å². The summed E-state index contributed by atoms with van der Waals surface area (Å²) in [6, 6.07) is 11.1. The molecule has 24 heavy (non-hydrogen) atoms. The van der Waals surface area contributed by atoms with Crippen LogP contribution in [0.1, 0.15) is 24.6 Å². The molecule has 6 heteroatoms. The van der Waals surface area contributed by atoms with Gasteiger partial charge in [-0.2, -0.15) is 0 Å². The monoisotopic (exact) mass is 347 g/mol. The van der Waals surface area contributed by atoms with Crippen molar-refractivity contribution in [2.75, 3.05) is 18.5 Å². The number of carbonyl (C=O) groups excluding carboxylic acids is 2. The van der Waals surface area contributed by atoms with Gasteiger partial charge in [0.2, 0.25) is 0 Å². The van der Waals surface area contributed by atoms with Gasteiger partial charge in [-0.3, -0.25) is 9.59 Å². The lowest BCUT2D eigenvalue weighted by atomic mass is 10.2. The molecule has 0 spiro atoms. The Morgan fingerprint density at radius 1 is 1.17 bits per heavy atom. The van der Waals surface area contributed by atoms with Crippen LogP contribution in [-0.4, -0.2) is 25.1 Å². The van der Waals surface area contributed by atoms with E-state index >= 15 is 0 Å². The van der Waals surface area contributed by atoms with E-state index in [0.717, 1.165) is 18.6 Å². The molecular formula is C18H21NO4S. The molecule has 0 saturated carbocycles. The Morgan fingerprint density at radius 2 is 1.96 bits per heavy atom. The van der Waals surface area contributed by atoms with Crippen molar-refractivity contribution in [2.45, 2.75) is 26.2 Å². The van der Waals surface area contributed by atoms with E-state index in [-0.39, 0.29) is 18.5 Å². The highest BCUT2D eigenvalue weighted by Gasteiger charge is 2.08. The van der Waals surface area contributed by atoms with E-state index in [1.54, 1.807) is 35.6 Å². The number of nitrogens with one attached hydrogen (secondary N) is 1. The van der Waals surface area contributed by atoms with Crippen LogP contribution in [0.15, 0.2) is 41.8 Å². The fourth-order valence-electron chi connectivity index (χ4n) is 2.08. The lowest BCUT2D eigenvalue weighted by molar-refractivity contribution is -0.147. The smallest absolute Gasteiger partial charge is 0.306 e. The van der Waals surface area contributed by atoms with Crippen molar-refractivity contribution < 1.29 is 19.1 Å². The van der Waals surface area contributed by atoms with E-state index in [1.807, 2.05) is 24.4 Å². The van der Waals surface area contributed by atoms with E-state index < -0.39 is 0 Å². The number of benzene rings is 1. The third-order valence-electron chi connectivity index (χ3n) is 3.20. The first kappa shape index (κ1) is 18.0. The molecule has 1 aromatic heterocycles. The number of hydrogen-bond donors (Lipinski definition) is 1. The second-order valence-electron chi connectivity index (χ2n) is 5.10. The molecule has 0 saturated heterocycles. The number of esters is 1. The van der Waals surface area contributed by atoms with E-state index in [1.165, 1.54) is 4.88 Å². The Balaban J connectivity index is 1.63. The van der Waals surface area contributed by atoms with Crippen LogP contribution in [0.3, 0.4) is 0 Å². The van der Waals surface area contributed by atoms with Crippen LogP contribution >= 0.6 is 11.3 Å². The summed E-state index contributed by atoms with van der Waals surface area (Å²) in [6.45, 7) is 2.23. The average molecular weight is 347 g/mol. The van der Waals surface area contributed by atoms with Gasteiger partial charge in [-0.25, -0.2) is 0 Å². The van der Waals surface area contributed by atoms with Crippen molar-refractivity contribution in [3.8, 4) is 5.75 Å². The Bertz CT molecular complexity index is 638. The van der Waals surface area contributed by atoms with Gasteiger partial charge in [0.15, 0.2) is 6.61 Å². The van der Waals surface area contributed by atoms with Crippen LogP contribution in [0, 0.1) is 0 Å². The Labute approximate surface area is 145 Å². The topological polar surface area (TPSA) is 64.6 Å². The molecule has 0 unspecified atom stereocenters. The maximum absolute atomic E-state index is 11.8. The molecular weight excluding hydrogens is 326 g/mol. The third kappa shape index (κ3) is 6.42. The first-order valence-electron chi connectivity index (χ1n) is 7.88. The van der Waals surface area contributed by atoms with Crippen molar-refractivity contribution in [1.29, 1.82) is 0 Å². The summed E-state index contributed by atoms with van der Waals surface area (Å²) in [4.78, 5) is 24.6. The van der Waals surface area contributed by atoms with E-state index in [2.05, 4.69) is 5.32 Å². The van der Waals surface area contributed by atoms with Crippen LogP contribution in [0.2, 0.25) is 0 Å². The van der Waals surface area contributed by atoms with Crippen molar-refractivity contribution >= 4 is 28.9 Å². The third-order valence-corrected chi connectivity index (χ3v) is 4.13. The molecule has 0 aliphatic heterocycles. The van der Waals surface area contributed by atoms with Crippen LogP contribution in [0.25, 0.3) is 0 Å². The minimum Gasteiger partial charge on any atom is -0.494 e. The first-order chi connectivity index (χ1) is 11.7. The number of hydrogen-bond acceptors (Lipinski definition) is 5. The number of aryl methyl sites for hydroxylation is 1. The molecule has 0 aliphatic carbocycles. The largest absolute Gasteiger partial charge is 0.494 e. The lowest BCUT2D eigenvalue weighted by Gasteiger charge is -2.08. The van der Waals surface area contributed by atoms with Gasteiger partial charge in [-0.05, 0) is 55.5 Å². The fourth-order valence-corrected chi connectivity index (χ4v) is 2.83. The highest BCUT2D eigenvalue weighted by molar-refractivity contribution is 7.09. The van der Waals surface area contributed by atoms with E-state index in [4.69, 9.17) is 9.47 Å². The second kappa shape index (κ2) is 9.72. The highest BCUT2D eigenvalue weighted by Crippen LogP contribution is 2.15. The SMILES string of the molecule is CCOc1ccc(NC(=O)COC(=O)CCCc2cccs2)cc1. The van der Waals surface area contributed by atoms with Gasteiger partial charge in [-0.15, -0.1) is 11.3 Å². The van der Waals surface area contributed by atoms with Gasteiger partial charge in [0, 0.05) is 17.0 Å². The number of amides is 1. The summed E-state index contributed by atoms with van der Waals surface area (Å²) in [5, 5.41) is 4.69. The number of ether oxygens (including phenoxy) is 2. The minimum atomic E-state index is -0.356. The molecule has 1 aromatic carbocycles. The van der Waals surface area contributed by atoms with Crippen molar-refractivity contribution in [3.63, 3.8) is 0 Å². The van der Waals surface area contributed by atoms with Gasteiger partial charge in [0.25, 0.3) is 5.91 Å². The molecule has 1 amide bonds. The average Bonchev–Trinajstić information content (AvgIpc) is 3.08. The lowest BCUT2D eigenvalue weighted by Crippen LogP contribution is -2.20. The molecule has 2 rings (SSSR count). The van der Waals surface area contributed by atoms with E-state index in [9.17, 15) is 9.59 Å². The summed E-state index contributed by atoms with van der Waals surface area (Å²) >= 11 is 1.67. The van der Waals surface area contributed by atoms with Gasteiger partial charge >= 0.3 is 5.97 Å².